The zero-order valence-corrected chi connectivity index (χ0v) is 17.8. The van der Waals surface area contributed by atoms with E-state index in [1.165, 1.54) is 30.6 Å². The summed E-state index contributed by atoms with van der Waals surface area (Å²) in [6.45, 7) is 0.774. The van der Waals surface area contributed by atoms with Crippen molar-refractivity contribution in [3.8, 4) is 0 Å². The second-order valence-corrected chi connectivity index (χ2v) is 9.01. The lowest BCUT2D eigenvalue weighted by atomic mass is 9.83. The predicted molar refractivity (Wildman–Crippen MR) is 115 cm³/mol. The normalized spacial score (nSPS) is 21.3. The molecule has 1 saturated carbocycles. The number of rotatable bonds is 6. The number of nitrogens with zero attached hydrogens (tertiary/aromatic N) is 2. The molecule has 2 aromatic rings. The molecule has 5 nitrogen and oxygen atoms in total. The Morgan fingerprint density at radius 3 is 2.59 bits per heavy atom. The van der Waals surface area contributed by atoms with E-state index in [4.69, 9.17) is 0 Å². The van der Waals surface area contributed by atoms with Crippen molar-refractivity contribution >= 4 is 23.0 Å². The third kappa shape index (κ3) is 4.28. The summed E-state index contributed by atoms with van der Waals surface area (Å²) >= 11 is 1.50. The third-order valence-electron chi connectivity index (χ3n) is 6.31. The van der Waals surface area contributed by atoms with Crippen LogP contribution in [-0.4, -0.2) is 41.2 Å². The fraction of sp³-hybridized carbons (Fsp3) is 0.522. The summed E-state index contributed by atoms with van der Waals surface area (Å²) in [6.07, 6.45) is 7.88. The Hall–Kier alpha value is -2.05. The highest BCUT2D eigenvalue weighted by Gasteiger charge is 2.38. The molecule has 1 aliphatic heterocycles. The topological polar surface area (TPSA) is 62.3 Å². The van der Waals surface area contributed by atoms with Gasteiger partial charge in [-0.15, -0.1) is 11.3 Å². The van der Waals surface area contributed by atoms with Crippen LogP contribution in [0.4, 0.5) is 0 Å². The van der Waals surface area contributed by atoms with E-state index in [1.807, 2.05) is 47.7 Å². The Morgan fingerprint density at radius 1 is 1.10 bits per heavy atom. The van der Waals surface area contributed by atoms with Crippen LogP contribution in [0.15, 0.2) is 35.7 Å². The van der Waals surface area contributed by atoms with Gasteiger partial charge < -0.3 is 10.2 Å². The lowest BCUT2D eigenvalue weighted by molar-refractivity contribution is -0.136. The number of hydrogen-bond acceptors (Lipinski definition) is 5. The summed E-state index contributed by atoms with van der Waals surface area (Å²) in [5, 5.41) is 6.02. The van der Waals surface area contributed by atoms with Crippen LogP contribution >= 0.6 is 11.3 Å². The molecule has 2 fully saturated rings. The van der Waals surface area contributed by atoms with Crippen LogP contribution in [0.1, 0.15) is 72.0 Å². The lowest BCUT2D eigenvalue weighted by Gasteiger charge is -2.34. The minimum absolute atomic E-state index is 0.00994. The Kier molecular flexibility index (Phi) is 6.40. The molecule has 0 radical (unpaired) electrons. The number of hydrogen-bond donors (Lipinski definition) is 1. The highest BCUT2D eigenvalue weighted by molar-refractivity contribution is 7.10. The van der Waals surface area contributed by atoms with E-state index in [-0.39, 0.29) is 23.8 Å². The van der Waals surface area contributed by atoms with Crippen LogP contribution in [0.25, 0.3) is 0 Å². The van der Waals surface area contributed by atoms with Crippen molar-refractivity contribution in [3.05, 3.63) is 52.0 Å². The maximum atomic E-state index is 13.4. The zero-order valence-electron chi connectivity index (χ0n) is 17.0. The monoisotopic (exact) mass is 411 g/mol. The first-order valence-corrected chi connectivity index (χ1v) is 11.6. The van der Waals surface area contributed by atoms with Gasteiger partial charge in [0.2, 0.25) is 11.7 Å². The average molecular weight is 412 g/mol. The molecule has 6 heteroatoms. The van der Waals surface area contributed by atoms with Gasteiger partial charge in [-0.1, -0.05) is 49.6 Å². The maximum Gasteiger partial charge on any atom is 0.240 e. The molecule has 2 atom stereocenters. The smallest absolute Gasteiger partial charge is 0.240 e. The van der Waals surface area contributed by atoms with Crippen LogP contribution in [0.5, 0.6) is 0 Å². The van der Waals surface area contributed by atoms with Gasteiger partial charge in [0, 0.05) is 17.5 Å². The molecule has 2 heterocycles. The summed E-state index contributed by atoms with van der Waals surface area (Å²) in [4.78, 5) is 32.8. The predicted octanol–water partition coefficient (Wildman–Crippen LogP) is 4.21. The van der Waals surface area contributed by atoms with E-state index in [0.717, 1.165) is 37.2 Å². The first-order chi connectivity index (χ1) is 14.2. The number of carbonyl (C=O) groups is 2. The van der Waals surface area contributed by atoms with Gasteiger partial charge in [0.25, 0.3) is 0 Å². The standard InChI is InChI=1S/C23H29N3O2S/c1-24-20(16-9-4-2-5-10-16)23(28)26-14-8-13-19(26)22-25-18(15-29-22)21(27)17-11-6-3-7-12-17/h3,6-7,11-12,15-16,19-20,24H,2,4-5,8-10,13-14H2,1H3. The van der Waals surface area contributed by atoms with E-state index in [2.05, 4.69) is 10.3 Å². The summed E-state index contributed by atoms with van der Waals surface area (Å²) in [5.41, 5.74) is 1.13. The van der Waals surface area contributed by atoms with E-state index in [0.29, 0.717) is 17.2 Å². The van der Waals surface area contributed by atoms with E-state index >= 15 is 0 Å². The van der Waals surface area contributed by atoms with Crippen LogP contribution in [0.3, 0.4) is 0 Å². The largest absolute Gasteiger partial charge is 0.332 e. The summed E-state index contributed by atoms with van der Waals surface area (Å²) in [6, 6.07) is 9.13. The average Bonchev–Trinajstić information content (AvgIpc) is 3.44. The van der Waals surface area contributed by atoms with Gasteiger partial charge in [0.1, 0.15) is 10.7 Å². The molecule has 154 valence electrons. The van der Waals surface area contributed by atoms with Gasteiger partial charge in [0.05, 0.1) is 12.1 Å². The minimum atomic E-state index is -0.110. The van der Waals surface area contributed by atoms with Gasteiger partial charge in [-0.2, -0.15) is 0 Å². The number of thiazole rings is 1. The van der Waals surface area contributed by atoms with E-state index < -0.39 is 0 Å². The molecule has 1 N–H and O–H groups in total. The molecule has 4 rings (SSSR count). The fourth-order valence-electron chi connectivity index (χ4n) is 4.78. The Balaban J connectivity index is 1.50. The maximum absolute atomic E-state index is 13.4. The molecule has 1 aromatic carbocycles. The highest BCUT2D eigenvalue weighted by atomic mass is 32.1. The number of amides is 1. The number of carbonyl (C=O) groups excluding carboxylic acids is 2. The number of aromatic nitrogens is 1. The Morgan fingerprint density at radius 2 is 1.86 bits per heavy atom. The van der Waals surface area contributed by atoms with Crippen LogP contribution < -0.4 is 5.32 Å². The van der Waals surface area contributed by atoms with Gasteiger partial charge in [-0.25, -0.2) is 4.98 Å². The molecule has 0 spiro atoms. The molecular formula is C23H29N3O2S. The highest BCUT2D eigenvalue weighted by Crippen LogP contribution is 2.36. The molecule has 2 unspecified atom stereocenters. The van der Waals surface area contributed by atoms with Gasteiger partial charge in [0.15, 0.2) is 0 Å². The van der Waals surface area contributed by atoms with Crippen molar-refractivity contribution in [2.45, 2.75) is 57.0 Å². The summed E-state index contributed by atoms with van der Waals surface area (Å²) < 4.78 is 0. The van der Waals surface area contributed by atoms with Crippen LogP contribution in [0, 0.1) is 5.92 Å². The molecule has 29 heavy (non-hydrogen) atoms. The van der Waals surface area contributed by atoms with E-state index in [1.54, 1.807) is 0 Å². The molecule has 0 bridgehead atoms. The lowest BCUT2D eigenvalue weighted by Crippen LogP contribution is -2.49. The molecule has 1 saturated heterocycles. The van der Waals surface area contributed by atoms with Gasteiger partial charge in [-0.3, -0.25) is 9.59 Å². The van der Waals surface area contributed by atoms with Crippen molar-refractivity contribution in [1.29, 1.82) is 0 Å². The van der Waals surface area contributed by atoms with Crippen LogP contribution in [-0.2, 0) is 4.79 Å². The first-order valence-electron chi connectivity index (χ1n) is 10.7. The number of nitrogens with one attached hydrogen (secondary N) is 1. The molecule has 2 aliphatic rings. The van der Waals surface area contributed by atoms with Gasteiger partial charge in [-0.05, 0) is 38.6 Å². The zero-order chi connectivity index (χ0) is 20.2. The number of ketones is 1. The van der Waals surface area contributed by atoms with Crippen molar-refractivity contribution in [3.63, 3.8) is 0 Å². The second kappa shape index (κ2) is 9.18. The Labute approximate surface area is 176 Å². The van der Waals surface area contributed by atoms with Crippen molar-refractivity contribution in [1.82, 2.24) is 15.2 Å². The number of likely N-dealkylation sites (tertiary alicyclic amines) is 1. The Bertz CT molecular complexity index is 845. The number of likely N-dealkylation sites (N-methyl/N-ethyl adjacent to an activating group) is 1. The fourth-order valence-corrected chi connectivity index (χ4v) is 5.72. The number of benzene rings is 1. The van der Waals surface area contributed by atoms with Crippen molar-refractivity contribution in [2.75, 3.05) is 13.6 Å². The van der Waals surface area contributed by atoms with Crippen molar-refractivity contribution < 1.29 is 9.59 Å². The molecule has 1 aliphatic carbocycles. The SMILES string of the molecule is CNC(C(=O)N1CCCC1c1nc(C(=O)c2ccccc2)cs1)C1CCCCC1. The van der Waals surface area contributed by atoms with Gasteiger partial charge >= 0.3 is 0 Å². The van der Waals surface area contributed by atoms with Crippen LogP contribution in [0.2, 0.25) is 0 Å². The third-order valence-corrected chi connectivity index (χ3v) is 7.26. The van der Waals surface area contributed by atoms with E-state index in [9.17, 15) is 9.59 Å². The quantitative estimate of drug-likeness (QED) is 0.724. The summed E-state index contributed by atoms with van der Waals surface area (Å²) in [7, 11) is 1.91. The molecule has 1 amide bonds. The van der Waals surface area contributed by atoms with Crippen molar-refractivity contribution in [2.24, 2.45) is 5.92 Å². The second-order valence-electron chi connectivity index (χ2n) is 8.12. The summed E-state index contributed by atoms with van der Waals surface area (Å²) in [5.74, 6) is 0.571. The first kappa shape index (κ1) is 20.2. The molecular weight excluding hydrogens is 382 g/mol. The molecule has 1 aromatic heterocycles. The minimum Gasteiger partial charge on any atom is -0.332 e.